The molecule has 0 aromatic heterocycles. The van der Waals surface area contributed by atoms with Crippen molar-refractivity contribution in [2.45, 2.75) is 12.8 Å². The fraction of sp³-hybridized carbons (Fsp3) is 0.429. The number of carbonyl (C=O) groups is 2. The Hall–Kier alpha value is -2.04. The molecule has 1 aromatic rings. The highest BCUT2D eigenvalue weighted by atomic mass is 16.5. The van der Waals surface area contributed by atoms with E-state index < -0.39 is 0 Å². The number of benzene rings is 1. The van der Waals surface area contributed by atoms with Gasteiger partial charge in [-0.15, -0.1) is 0 Å². The minimum absolute atomic E-state index is 0.0362. The standard InChI is InChI=1S/C14H18N2O3/c1-15-9-10-16(12-6-4-3-5-11(12)15)13(17)7-8-14(18)19-2/h3-6H,7-10H2,1-2H3. The molecule has 0 unspecified atom stereocenters. The lowest BCUT2D eigenvalue weighted by atomic mass is 10.1. The third-order valence-electron chi connectivity index (χ3n) is 3.31. The van der Waals surface area contributed by atoms with E-state index in [4.69, 9.17) is 0 Å². The molecule has 1 aliphatic rings. The summed E-state index contributed by atoms with van der Waals surface area (Å²) in [6.07, 6.45) is 0.314. The second-order valence-electron chi connectivity index (χ2n) is 4.53. The Morgan fingerprint density at radius 3 is 2.53 bits per heavy atom. The van der Waals surface area contributed by atoms with Crippen LogP contribution in [0.3, 0.4) is 0 Å². The van der Waals surface area contributed by atoms with Gasteiger partial charge < -0.3 is 14.5 Å². The SMILES string of the molecule is COC(=O)CCC(=O)N1CCN(C)c2ccccc21. The largest absolute Gasteiger partial charge is 0.469 e. The van der Waals surface area contributed by atoms with Gasteiger partial charge >= 0.3 is 5.97 Å². The lowest BCUT2D eigenvalue weighted by Crippen LogP contribution is -2.42. The van der Waals surface area contributed by atoms with Crippen LogP contribution in [0, 0.1) is 0 Å². The minimum atomic E-state index is -0.351. The Morgan fingerprint density at radius 1 is 1.16 bits per heavy atom. The molecule has 0 radical (unpaired) electrons. The lowest BCUT2D eigenvalue weighted by Gasteiger charge is -2.35. The van der Waals surface area contributed by atoms with Gasteiger partial charge in [-0.25, -0.2) is 0 Å². The molecule has 1 aromatic carbocycles. The van der Waals surface area contributed by atoms with Crippen molar-refractivity contribution in [3.05, 3.63) is 24.3 Å². The normalized spacial score (nSPS) is 14.0. The van der Waals surface area contributed by atoms with Crippen LogP contribution in [0.2, 0.25) is 0 Å². The molecule has 0 atom stereocenters. The van der Waals surface area contributed by atoms with Crippen LogP contribution in [-0.4, -0.2) is 39.1 Å². The molecule has 1 amide bonds. The number of carbonyl (C=O) groups excluding carboxylic acids is 2. The second-order valence-corrected chi connectivity index (χ2v) is 4.53. The first-order valence-electron chi connectivity index (χ1n) is 6.31. The third kappa shape index (κ3) is 2.86. The number of methoxy groups -OCH3 is 1. The fourth-order valence-electron chi connectivity index (χ4n) is 2.21. The van der Waals surface area contributed by atoms with Gasteiger partial charge in [-0.3, -0.25) is 9.59 Å². The zero-order chi connectivity index (χ0) is 13.8. The summed E-state index contributed by atoms with van der Waals surface area (Å²) in [7, 11) is 3.34. The molecule has 0 N–H and O–H groups in total. The van der Waals surface area contributed by atoms with Crippen molar-refractivity contribution < 1.29 is 14.3 Å². The molecule has 5 heteroatoms. The number of rotatable bonds is 3. The highest BCUT2D eigenvalue weighted by Crippen LogP contribution is 2.32. The predicted octanol–water partition coefficient (Wildman–Crippen LogP) is 1.42. The fourth-order valence-corrected chi connectivity index (χ4v) is 2.21. The first-order chi connectivity index (χ1) is 9.13. The van der Waals surface area contributed by atoms with E-state index in [1.54, 1.807) is 4.90 Å². The molecule has 0 fully saturated rings. The van der Waals surface area contributed by atoms with Gasteiger partial charge in [0.1, 0.15) is 0 Å². The average molecular weight is 262 g/mol. The van der Waals surface area contributed by atoms with Crippen LogP contribution in [0.15, 0.2) is 24.3 Å². The lowest BCUT2D eigenvalue weighted by molar-refractivity contribution is -0.141. The quantitative estimate of drug-likeness (QED) is 0.773. The Kier molecular flexibility index (Phi) is 4.04. The van der Waals surface area contributed by atoms with Crippen LogP contribution >= 0.6 is 0 Å². The predicted molar refractivity (Wildman–Crippen MR) is 73.3 cm³/mol. The zero-order valence-electron chi connectivity index (χ0n) is 11.3. The van der Waals surface area contributed by atoms with Gasteiger partial charge in [-0.2, -0.15) is 0 Å². The van der Waals surface area contributed by atoms with Crippen LogP contribution in [-0.2, 0) is 14.3 Å². The Labute approximate surface area is 112 Å². The summed E-state index contributed by atoms with van der Waals surface area (Å²) in [5, 5.41) is 0. The maximum atomic E-state index is 12.2. The van der Waals surface area contributed by atoms with Crippen LogP contribution < -0.4 is 9.80 Å². The molecule has 5 nitrogen and oxygen atoms in total. The summed E-state index contributed by atoms with van der Waals surface area (Å²) in [5.41, 5.74) is 1.95. The first-order valence-corrected chi connectivity index (χ1v) is 6.31. The summed E-state index contributed by atoms with van der Waals surface area (Å²) in [6.45, 7) is 1.44. The van der Waals surface area contributed by atoms with Crippen LogP contribution in [0.4, 0.5) is 11.4 Å². The smallest absolute Gasteiger partial charge is 0.306 e. The molecule has 0 saturated carbocycles. The number of hydrogen-bond donors (Lipinski definition) is 0. The molecule has 2 rings (SSSR count). The van der Waals surface area contributed by atoms with Gasteiger partial charge in [-0.1, -0.05) is 12.1 Å². The van der Waals surface area contributed by atoms with Crippen molar-refractivity contribution in [2.24, 2.45) is 0 Å². The van der Waals surface area contributed by atoms with E-state index in [2.05, 4.69) is 9.64 Å². The van der Waals surface area contributed by atoms with Crippen molar-refractivity contribution in [1.82, 2.24) is 0 Å². The summed E-state index contributed by atoms with van der Waals surface area (Å²) < 4.78 is 4.56. The molecule has 0 saturated heterocycles. The van der Waals surface area contributed by atoms with Crippen molar-refractivity contribution in [1.29, 1.82) is 0 Å². The van der Waals surface area contributed by atoms with E-state index in [0.29, 0.717) is 6.54 Å². The summed E-state index contributed by atoms with van der Waals surface area (Å²) in [4.78, 5) is 27.2. The van der Waals surface area contributed by atoms with Crippen molar-refractivity contribution in [2.75, 3.05) is 37.0 Å². The van der Waals surface area contributed by atoms with Gasteiger partial charge in [0.25, 0.3) is 0 Å². The average Bonchev–Trinajstić information content (AvgIpc) is 2.45. The van der Waals surface area contributed by atoms with Crippen LogP contribution in [0.5, 0.6) is 0 Å². The number of fused-ring (bicyclic) bond motifs is 1. The van der Waals surface area contributed by atoms with Crippen molar-refractivity contribution >= 4 is 23.3 Å². The summed E-state index contributed by atoms with van der Waals surface area (Å²) >= 11 is 0. The van der Waals surface area contributed by atoms with E-state index >= 15 is 0 Å². The molecular formula is C14H18N2O3. The molecule has 102 valence electrons. The Bertz CT molecular complexity index is 487. The molecule has 19 heavy (non-hydrogen) atoms. The maximum Gasteiger partial charge on any atom is 0.306 e. The molecule has 1 heterocycles. The third-order valence-corrected chi connectivity index (χ3v) is 3.31. The van der Waals surface area contributed by atoms with Gasteiger partial charge in [0.05, 0.1) is 24.9 Å². The highest BCUT2D eigenvalue weighted by molar-refractivity contribution is 5.98. The van der Waals surface area contributed by atoms with E-state index in [-0.39, 0.29) is 24.7 Å². The number of amides is 1. The molecule has 0 aliphatic carbocycles. The number of esters is 1. The topological polar surface area (TPSA) is 49.9 Å². The number of para-hydroxylation sites is 2. The van der Waals surface area contributed by atoms with E-state index in [1.165, 1.54) is 7.11 Å². The number of nitrogens with zero attached hydrogens (tertiary/aromatic N) is 2. The van der Waals surface area contributed by atoms with Gasteiger partial charge in [0.15, 0.2) is 0 Å². The van der Waals surface area contributed by atoms with Gasteiger partial charge in [0.2, 0.25) is 5.91 Å². The highest BCUT2D eigenvalue weighted by Gasteiger charge is 2.24. The van der Waals surface area contributed by atoms with Crippen LogP contribution in [0.1, 0.15) is 12.8 Å². The number of anilines is 2. The minimum Gasteiger partial charge on any atom is -0.469 e. The van der Waals surface area contributed by atoms with Crippen molar-refractivity contribution in [3.63, 3.8) is 0 Å². The monoisotopic (exact) mass is 262 g/mol. The van der Waals surface area contributed by atoms with E-state index in [9.17, 15) is 9.59 Å². The van der Waals surface area contributed by atoms with Crippen molar-refractivity contribution in [3.8, 4) is 0 Å². The molecule has 1 aliphatic heterocycles. The first kappa shape index (κ1) is 13.4. The summed E-state index contributed by atoms with van der Waals surface area (Å²) in [6, 6.07) is 7.80. The molecular weight excluding hydrogens is 244 g/mol. The molecule has 0 bridgehead atoms. The van der Waals surface area contributed by atoms with E-state index in [1.807, 2.05) is 31.3 Å². The number of likely N-dealkylation sites (N-methyl/N-ethyl adjacent to an activating group) is 1. The van der Waals surface area contributed by atoms with Crippen LogP contribution in [0.25, 0.3) is 0 Å². The maximum absolute atomic E-state index is 12.2. The second kappa shape index (κ2) is 5.73. The zero-order valence-corrected chi connectivity index (χ0v) is 11.3. The Balaban J connectivity index is 2.11. The summed E-state index contributed by atoms with van der Waals surface area (Å²) in [5.74, 6) is -0.387. The van der Waals surface area contributed by atoms with E-state index in [0.717, 1.165) is 17.9 Å². The Morgan fingerprint density at radius 2 is 1.84 bits per heavy atom. The number of ether oxygens (including phenoxy) is 1. The molecule has 0 spiro atoms. The van der Waals surface area contributed by atoms with Gasteiger partial charge in [-0.05, 0) is 12.1 Å². The number of hydrogen-bond acceptors (Lipinski definition) is 4. The van der Waals surface area contributed by atoms with Gasteiger partial charge in [0, 0.05) is 26.6 Å².